The van der Waals surface area contributed by atoms with Gasteiger partial charge in [0, 0.05) is 24.2 Å². The molecule has 2 heterocycles. The minimum absolute atomic E-state index is 0.163. The van der Waals surface area contributed by atoms with Crippen LogP contribution in [0.4, 0.5) is 0 Å². The standard InChI is InChI=1S/C19H18N4O4/c1-27-15-4-2-12(3-5-15)17(13-6-8-20-9-7-13)22-16(24)10-14-11-21-19(26)23-18(14)25/h2-9,11,17H,10H2,1H3,(H,22,24)(H2,21,23,25,26)/t17-/m0/s1. The van der Waals surface area contributed by atoms with Gasteiger partial charge >= 0.3 is 5.69 Å². The summed E-state index contributed by atoms with van der Waals surface area (Å²) >= 11 is 0. The van der Waals surface area contributed by atoms with Crippen LogP contribution in [0.25, 0.3) is 0 Å². The summed E-state index contributed by atoms with van der Waals surface area (Å²) in [5.74, 6) is 0.350. The molecule has 3 aromatic rings. The number of methoxy groups -OCH3 is 1. The predicted molar refractivity (Wildman–Crippen MR) is 98.6 cm³/mol. The lowest BCUT2D eigenvalue weighted by molar-refractivity contribution is -0.121. The highest BCUT2D eigenvalue weighted by Crippen LogP contribution is 2.23. The summed E-state index contributed by atoms with van der Waals surface area (Å²) in [6.07, 6.45) is 4.37. The molecule has 0 bridgehead atoms. The number of ether oxygens (including phenoxy) is 1. The average molecular weight is 366 g/mol. The molecule has 3 rings (SSSR count). The number of hydrogen-bond acceptors (Lipinski definition) is 5. The maximum atomic E-state index is 12.5. The highest BCUT2D eigenvalue weighted by molar-refractivity contribution is 5.79. The van der Waals surface area contributed by atoms with Crippen LogP contribution in [-0.2, 0) is 11.2 Å². The summed E-state index contributed by atoms with van der Waals surface area (Å²) < 4.78 is 5.17. The van der Waals surface area contributed by atoms with Crippen molar-refractivity contribution in [2.45, 2.75) is 12.5 Å². The van der Waals surface area contributed by atoms with Crippen LogP contribution in [0.1, 0.15) is 22.7 Å². The lowest BCUT2D eigenvalue weighted by atomic mass is 9.99. The molecule has 3 N–H and O–H groups in total. The van der Waals surface area contributed by atoms with Gasteiger partial charge in [0.2, 0.25) is 5.91 Å². The fraction of sp³-hybridized carbons (Fsp3) is 0.158. The zero-order valence-electron chi connectivity index (χ0n) is 14.6. The Labute approximate surface area is 154 Å². The normalized spacial score (nSPS) is 11.6. The minimum atomic E-state index is -0.614. The van der Waals surface area contributed by atoms with Crippen LogP contribution in [0.15, 0.2) is 64.6 Å². The number of rotatable bonds is 6. The fourth-order valence-corrected chi connectivity index (χ4v) is 2.67. The molecule has 138 valence electrons. The van der Waals surface area contributed by atoms with Gasteiger partial charge in [0.15, 0.2) is 0 Å². The van der Waals surface area contributed by atoms with E-state index in [4.69, 9.17) is 4.74 Å². The number of aromatic nitrogens is 3. The smallest absolute Gasteiger partial charge is 0.325 e. The Morgan fingerprint density at radius 1 is 1.11 bits per heavy atom. The van der Waals surface area contributed by atoms with Crippen molar-refractivity contribution in [3.8, 4) is 5.75 Å². The van der Waals surface area contributed by atoms with Gasteiger partial charge in [-0.25, -0.2) is 4.79 Å². The Morgan fingerprint density at radius 2 is 1.78 bits per heavy atom. The largest absolute Gasteiger partial charge is 0.497 e. The maximum absolute atomic E-state index is 12.5. The number of nitrogens with zero attached hydrogens (tertiary/aromatic N) is 1. The molecule has 8 nitrogen and oxygen atoms in total. The molecular formula is C19H18N4O4. The van der Waals surface area contributed by atoms with Gasteiger partial charge in [-0.2, -0.15) is 0 Å². The molecule has 0 saturated heterocycles. The molecule has 27 heavy (non-hydrogen) atoms. The summed E-state index contributed by atoms with van der Waals surface area (Å²) in [5.41, 5.74) is 0.677. The highest BCUT2D eigenvalue weighted by Gasteiger charge is 2.18. The second-order valence-electron chi connectivity index (χ2n) is 5.83. The lowest BCUT2D eigenvalue weighted by Crippen LogP contribution is -2.33. The Hall–Kier alpha value is -3.68. The lowest BCUT2D eigenvalue weighted by Gasteiger charge is -2.20. The first-order valence-corrected chi connectivity index (χ1v) is 8.21. The quantitative estimate of drug-likeness (QED) is 0.600. The molecule has 0 fully saturated rings. The molecule has 0 aliphatic carbocycles. The highest BCUT2D eigenvalue weighted by atomic mass is 16.5. The van der Waals surface area contributed by atoms with Crippen LogP contribution in [-0.4, -0.2) is 28.0 Å². The summed E-state index contributed by atoms with van der Waals surface area (Å²) in [4.78, 5) is 43.9. The molecule has 1 aromatic carbocycles. The van der Waals surface area contributed by atoms with Crippen LogP contribution in [0.3, 0.4) is 0 Å². The number of carbonyl (C=O) groups is 1. The Kier molecular flexibility index (Phi) is 5.46. The number of nitrogens with one attached hydrogen (secondary N) is 3. The zero-order valence-corrected chi connectivity index (χ0v) is 14.6. The van der Waals surface area contributed by atoms with Crippen LogP contribution < -0.4 is 21.3 Å². The number of pyridine rings is 1. The van der Waals surface area contributed by atoms with E-state index in [9.17, 15) is 14.4 Å². The summed E-state index contributed by atoms with van der Waals surface area (Å²) in [5, 5.41) is 2.93. The number of hydrogen-bond donors (Lipinski definition) is 3. The van der Waals surface area contributed by atoms with Gasteiger partial charge in [0.25, 0.3) is 5.56 Å². The van der Waals surface area contributed by atoms with Crippen molar-refractivity contribution in [3.63, 3.8) is 0 Å². The Bertz CT molecular complexity index is 1030. The van der Waals surface area contributed by atoms with Crippen LogP contribution in [0.2, 0.25) is 0 Å². The number of benzene rings is 1. The predicted octanol–water partition coefficient (Wildman–Crippen LogP) is 0.915. The monoisotopic (exact) mass is 366 g/mol. The average Bonchev–Trinajstić information content (AvgIpc) is 2.69. The first-order valence-electron chi connectivity index (χ1n) is 8.21. The van der Waals surface area contributed by atoms with Gasteiger partial charge in [-0.3, -0.25) is 19.6 Å². The third kappa shape index (κ3) is 4.49. The van der Waals surface area contributed by atoms with Crippen molar-refractivity contribution in [3.05, 3.63) is 92.5 Å². The first-order chi connectivity index (χ1) is 13.1. The van der Waals surface area contributed by atoms with Gasteiger partial charge < -0.3 is 15.0 Å². The van der Waals surface area contributed by atoms with E-state index in [0.29, 0.717) is 5.75 Å². The summed E-state index contributed by atoms with van der Waals surface area (Å²) in [6, 6.07) is 10.5. The van der Waals surface area contributed by atoms with Gasteiger partial charge in [-0.05, 0) is 35.4 Å². The van der Waals surface area contributed by atoms with E-state index in [1.165, 1.54) is 6.20 Å². The second-order valence-corrected chi connectivity index (χ2v) is 5.83. The first kappa shape index (κ1) is 18.1. The van der Waals surface area contributed by atoms with Crippen molar-refractivity contribution in [2.24, 2.45) is 0 Å². The van der Waals surface area contributed by atoms with Gasteiger partial charge in [-0.15, -0.1) is 0 Å². The van der Waals surface area contributed by atoms with Crippen LogP contribution >= 0.6 is 0 Å². The Morgan fingerprint density at radius 3 is 2.41 bits per heavy atom. The molecule has 0 spiro atoms. The second kappa shape index (κ2) is 8.13. The van der Waals surface area contributed by atoms with E-state index in [1.807, 2.05) is 36.4 Å². The minimum Gasteiger partial charge on any atom is -0.497 e. The SMILES string of the molecule is COc1ccc([C@H](NC(=O)Cc2c[nH]c(=O)[nH]c2=O)c2ccncc2)cc1. The summed E-state index contributed by atoms with van der Waals surface area (Å²) in [7, 11) is 1.58. The van der Waals surface area contributed by atoms with Crippen LogP contribution in [0, 0.1) is 0 Å². The Balaban J connectivity index is 1.85. The number of amides is 1. The van der Waals surface area contributed by atoms with E-state index in [-0.39, 0.29) is 17.9 Å². The van der Waals surface area contributed by atoms with Crippen molar-refractivity contribution in [1.29, 1.82) is 0 Å². The topological polar surface area (TPSA) is 117 Å². The van der Waals surface area contributed by atoms with Crippen molar-refractivity contribution in [2.75, 3.05) is 7.11 Å². The van der Waals surface area contributed by atoms with E-state index in [2.05, 4.69) is 20.3 Å². The molecule has 2 aromatic heterocycles. The third-order valence-corrected chi connectivity index (χ3v) is 4.04. The van der Waals surface area contributed by atoms with Gasteiger partial charge in [-0.1, -0.05) is 12.1 Å². The number of H-pyrrole nitrogens is 2. The molecule has 1 atom stereocenters. The molecule has 1 amide bonds. The van der Waals surface area contributed by atoms with E-state index >= 15 is 0 Å². The van der Waals surface area contributed by atoms with E-state index in [0.717, 1.165) is 11.1 Å². The third-order valence-electron chi connectivity index (χ3n) is 4.04. The molecule has 0 aliphatic heterocycles. The van der Waals surface area contributed by atoms with Crippen molar-refractivity contribution < 1.29 is 9.53 Å². The van der Waals surface area contributed by atoms with Gasteiger partial charge in [0.05, 0.1) is 19.6 Å². The van der Waals surface area contributed by atoms with E-state index in [1.54, 1.807) is 19.5 Å². The fourth-order valence-electron chi connectivity index (χ4n) is 2.67. The number of aromatic amines is 2. The molecule has 0 saturated carbocycles. The molecule has 0 aliphatic rings. The van der Waals surface area contributed by atoms with Crippen LogP contribution in [0.5, 0.6) is 5.75 Å². The zero-order chi connectivity index (χ0) is 19.2. The maximum Gasteiger partial charge on any atom is 0.325 e. The van der Waals surface area contributed by atoms with Gasteiger partial charge in [0.1, 0.15) is 5.75 Å². The molecule has 8 heteroatoms. The summed E-state index contributed by atoms with van der Waals surface area (Å²) in [6.45, 7) is 0. The van der Waals surface area contributed by atoms with Crippen molar-refractivity contribution in [1.82, 2.24) is 20.3 Å². The van der Waals surface area contributed by atoms with E-state index < -0.39 is 17.3 Å². The molecular weight excluding hydrogens is 348 g/mol. The molecule has 0 unspecified atom stereocenters. The molecule has 0 radical (unpaired) electrons. The number of carbonyl (C=O) groups excluding carboxylic acids is 1. The van der Waals surface area contributed by atoms with Crippen molar-refractivity contribution >= 4 is 5.91 Å².